The third kappa shape index (κ3) is 4.81. The number of hydrogen-bond acceptors (Lipinski definition) is 7. The van der Waals surface area contributed by atoms with Crippen molar-refractivity contribution in [1.82, 2.24) is 19.9 Å². The first kappa shape index (κ1) is 20.4. The Bertz CT molecular complexity index is 1090. The smallest absolute Gasteiger partial charge is 0.277 e. The highest BCUT2D eigenvalue weighted by Crippen LogP contribution is 2.28. The molecule has 1 aromatic carbocycles. The van der Waals surface area contributed by atoms with Crippen LogP contribution < -0.4 is 10.6 Å². The fraction of sp³-hybridized carbons (Fsp3) is 0.250. The molecule has 0 bridgehead atoms. The Labute approximate surface area is 182 Å². The van der Waals surface area contributed by atoms with Gasteiger partial charge in [-0.2, -0.15) is 0 Å². The second kappa shape index (κ2) is 8.86. The number of fused-ring (bicyclic) bond motifs is 1. The van der Waals surface area contributed by atoms with Crippen LogP contribution in [0.15, 0.2) is 36.8 Å². The van der Waals surface area contributed by atoms with Crippen LogP contribution in [0.25, 0.3) is 0 Å². The van der Waals surface area contributed by atoms with Gasteiger partial charge in [0.2, 0.25) is 5.91 Å². The fourth-order valence-electron chi connectivity index (χ4n) is 3.09. The second-order valence-corrected chi connectivity index (χ2v) is 8.40. The van der Waals surface area contributed by atoms with E-state index in [1.54, 1.807) is 6.07 Å². The highest BCUT2D eigenvalue weighted by atomic mass is 35.5. The highest BCUT2D eigenvalue weighted by Gasteiger charge is 2.23. The molecule has 1 aliphatic rings. The van der Waals surface area contributed by atoms with Crippen molar-refractivity contribution in [2.45, 2.75) is 19.9 Å². The average molecular weight is 443 g/mol. The summed E-state index contributed by atoms with van der Waals surface area (Å²) < 4.78 is 0. The largest absolute Gasteiger partial charge is 0.325 e. The predicted octanol–water partition coefficient (Wildman–Crippen LogP) is 3.14. The molecule has 3 heterocycles. The van der Waals surface area contributed by atoms with Gasteiger partial charge in [0.25, 0.3) is 5.91 Å². The summed E-state index contributed by atoms with van der Waals surface area (Å²) >= 11 is 7.53. The van der Waals surface area contributed by atoms with E-state index in [2.05, 4.69) is 30.5 Å². The van der Waals surface area contributed by atoms with E-state index in [0.717, 1.165) is 29.1 Å². The Morgan fingerprint density at radius 1 is 1.27 bits per heavy atom. The first-order valence-electron chi connectivity index (χ1n) is 9.32. The molecule has 2 amide bonds. The van der Waals surface area contributed by atoms with Crippen LogP contribution in [-0.2, 0) is 17.8 Å². The molecule has 0 aliphatic carbocycles. The number of benzene rings is 1. The molecule has 2 aromatic heterocycles. The molecule has 0 atom stereocenters. The predicted molar refractivity (Wildman–Crippen MR) is 116 cm³/mol. The minimum Gasteiger partial charge on any atom is -0.325 e. The SMILES string of the molecule is Cc1ccc(NC(=O)CN2CCc3nc(NC(=O)c4cnccn4)sc3C2)cc1Cl. The number of nitrogens with one attached hydrogen (secondary N) is 2. The quantitative estimate of drug-likeness (QED) is 0.629. The average Bonchev–Trinajstić information content (AvgIpc) is 3.13. The lowest BCUT2D eigenvalue weighted by atomic mass is 10.2. The Morgan fingerprint density at radius 2 is 2.13 bits per heavy atom. The van der Waals surface area contributed by atoms with Crippen molar-refractivity contribution in [3.05, 3.63) is 63.6 Å². The third-order valence-corrected chi connectivity index (χ3v) is 6.05. The van der Waals surface area contributed by atoms with Gasteiger partial charge in [-0.3, -0.25) is 24.8 Å². The molecule has 0 saturated heterocycles. The van der Waals surface area contributed by atoms with Gasteiger partial charge in [0.1, 0.15) is 5.69 Å². The van der Waals surface area contributed by atoms with Crippen LogP contribution in [0.3, 0.4) is 0 Å². The molecule has 1 aliphatic heterocycles. The van der Waals surface area contributed by atoms with E-state index >= 15 is 0 Å². The van der Waals surface area contributed by atoms with Gasteiger partial charge in [-0.05, 0) is 24.6 Å². The molecule has 0 unspecified atom stereocenters. The Kier molecular flexibility index (Phi) is 6.03. The molecule has 0 radical (unpaired) electrons. The maximum atomic E-state index is 12.4. The summed E-state index contributed by atoms with van der Waals surface area (Å²) in [5.74, 6) is -0.443. The topological polar surface area (TPSA) is 100 Å². The van der Waals surface area contributed by atoms with Crippen LogP contribution >= 0.6 is 22.9 Å². The number of aryl methyl sites for hydroxylation is 1. The number of nitrogens with zero attached hydrogens (tertiary/aromatic N) is 4. The maximum Gasteiger partial charge on any atom is 0.277 e. The summed E-state index contributed by atoms with van der Waals surface area (Å²) in [5, 5.41) is 6.80. The first-order valence-corrected chi connectivity index (χ1v) is 10.5. The molecule has 0 spiro atoms. The number of carbonyl (C=O) groups is 2. The van der Waals surface area contributed by atoms with Gasteiger partial charge in [0.05, 0.1) is 18.4 Å². The van der Waals surface area contributed by atoms with Crippen molar-refractivity contribution in [2.75, 3.05) is 23.7 Å². The van der Waals surface area contributed by atoms with Gasteiger partial charge in [-0.1, -0.05) is 17.7 Å². The zero-order valence-corrected chi connectivity index (χ0v) is 17.8. The molecule has 10 heteroatoms. The molecular formula is C20H19ClN6O2S. The monoisotopic (exact) mass is 442 g/mol. The number of aromatic nitrogens is 3. The number of anilines is 2. The number of thiazole rings is 1. The fourth-order valence-corrected chi connectivity index (χ4v) is 4.31. The number of halogens is 1. The van der Waals surface area contributed by atoms with E-state index in [0.29, 0.717) is 22.4 Å². The van der Waals surface area contributed by atoms with E-state index in [9.17, 15) is 9.59 Å². The third-order valence-electron chi connectivity index (χ3n) is 4.65. The van der Waals surface area contributed by atoms with Crippen LogP contribution in [0.2, 0.25) is 5.02 Å². The molecule has 4 rings (SSSR count). The van der Waals surface area contributed by atoms with Gasteiger partial charge < -0.3 is 5.32 Å². The molecule has 30 heavy (non-hydrogen) atoms. The maximum absolute atomic E-state index is 12.4. The molecule has 8 nitrogen and oxygen atoms in total. The first-order chi connectivity index (χ1) is 14.5. The Balaban J connectivity index is 1.35. The van der Waals surface area contributed by atoms with Crippen molar-refractivity contribution in [1.29, 1.82) is 0 Å². The van der Waals surface area contributed by atoms with Crippen molar-refractivity contribution in [3.8, 4) is 0 Å². The van der Waals surface area contributed by atoms with E-state index in [1.165, 1.54) is 29.9 Å². The van der Waals surface area contributed by atoms with Crippen molar-refractivity contribution < 1.29 is 9.59 Å². The minimum atomic E-state index is -0.345. The molecule has 0 saturated carbocycles. The lowest BCUT2D eigenvalue weighted by Gasteiger charge is -2.25. The number of carbonyl (C=O) groups excluding carboxylic acids is 2. The zero-order chi connectivity index (χ0) is 21.1. The number of hydrogen-bond donors (Lipinski definition) is 2. The zero-order valence-electron chi connectivity index (χ0n) is 16.2. The van der Waals surface area contributed by atoms with E-state index < -0.39 is 0 Å². The summed E-state index contributed by atoms with van der Waals surface area (Å²) in [4.78, 5) is 40.1. The minimum absolute atomic E-state index is 0.0981. The second-order valence-electron chi connectivity index (χ2n) is 6.91. The van der Waals surface area contributed by atoms with Crippen LogP contribution in [0.1, 0.15) is 26.6 Å². The van der Waals surface area contributed by atoms with Crippen LogP contribution in [0, 0.1) is 6.92 Å². The lowest BCUT2D eigenvalue weighted by Crippen LogP contribution is -2.36. The van der Waals surface area contributed by atoms with Crippen LogP contribution in [-0.4, -0.2) is 44.8 Å². The van der Waals surface area contributed by atoms with Crippen molar-refractivity contribution in [2.24, 2.45) is 0 Å². The normalized spacial score (nSPS) is 13.5. The molecule has 0 fully saturated rings. The van der Waals surface area contributed by atoms with Crippen molar-refractivity contribution >= 4 is 45.6 Å². The van der Waals surface area contributed by atoms with Crippen LogP contribution in [0.4, 0.5) is 10.8 Å². The summed E-state index contributed by atoms with van der Waals surface area (Å²) in [6.45, 7) is 3.51. The summed E-state index contributed by atoms with van der Waals surface area (Å²) in [7, 11) is 0. The summed E-state index contributed by atoms with van der Waals surface area (Å²) in [6, 6.07) is 5.46. The molecule has 154 valence electrons. The highest BCUT2D eigenvalue weighted by molar-refractivity contribution is 7.15. The molecule has 2 N–H and O–H groups in total. The lowest BCUT2D eigenvalue weighted by molar-refractivity contribution is -0.117. The van der Waals surface area contributed by atoms with Gasteiger partial charge >= 0.3 is 0 Å². The Hall–Kier alpha value is -2.88. The van der Waals surface area contributed by atoms with Crippen LogP contribution in [0.5, 0.6) is 0 Å². The van der Waals surface area contributed by atoms with E-state index in [-0.39, 0.29) is 24.1 Å². The van der Waals surface area contributed by atoms with E-state index in [4.69, 9.17) is 11.6 Å². The standard InChI is InChI=1S/C20H19ClN6O2S/c1-12-2-3-13(8-14(12)21)24-18(28)11-27-7-4-15-17(10-27)30-20(25-15)26-19(29)16-9-22-5-6-23-16/h2-3,5-6,8-9H,4,7,10-11H2,1H3,(H,24,28)(H,25,26,29). The van der Waals surface area contributed by atoms with Gasteiger partial charge in [-0.25, -0.2) is 9.97 Å². The number of rotatable bonds is 5. The van der Waals surface area contributed by atoms with Gasteiger partial charge in [-0.15, -0.1) is 11.3 Å². The Morgan fingerprint density at radius 3 is 2.90 bits per heavy atom. The summed E-state index contributed by atoms with van der Waals surface area (Å²) in [5.41, 5.74) is 2.84. The molecule has 3 aromatic rings. The van der Waals surface area contributed by atoms with Gasteiger partial charge in [0.15, 0.2) is 5.13 Å². The summed E-state index contributed by atoms with van der Waals surface area (Å²) in [6.07, 6.45) is 5.10. The van der Waals surface area contributed by atoms with Crippen molar-refractivity contribution in [3.63, 3.8) is 0 Å². The van der Waals surface area contributed by atoms with Gasteiger partial charge in [0, 0.05) is 47.5 Å². The molecular weight excluding hydrogens is 424 g/mol. The number of amides is 2. The van der Waals surface area contributed by atoms with E-state index in [1.807, 2.05) is 19.1 Å².